The van der Waals surface area contributed by atoms with Gasteiger partial charge in [-0.3, -0.25) is 0 Å². The Labute approximate surface area is 105 Å². The van der Waals surface area contributed by atoms with Crippen molar-refractivity contribution in [1.29, 1.82) is 0 Å². The summed E-state index contributed by atoms with van der Waals surface area (Å²) in [5.74, 6) is 0.418. The zero-order valence-corrected chi connectivity index (χ0v) is 11.0. The van der Waals surface area contributed by atoms with Crippen LogP contribution in [0.2, 0.25) is 0 Å². The van der Waals surface area contributed by atoms with Crippen LogP contribution in [0.25, 0.3) is 0 Å². The largest absolute Gasteiger partial charge is 0.396 e. The third-order valence-corrected chi connectivity index (χ3v) is 3.72. The number of nitrogens with two attached hydrogens (primary N) is 1. The summed E-state index contributed by atoms with van der Waals surface area (Å²) in [6.45, 7) is 1.76. The third-order valence-electron chi connectivity index (χ3n) is 3.72. The molecule has 0 spiro atoms. The number of hydrogen-bond donors (Lipinski definition) is 3. The first-order valence-corrected chi connectivity index (χ1v) is 6.87. The standard InChI is InChI=1S/C13H28N2O2/c1-17-10-12(6-4-8-14)15-13-7-3-2-5-11(13)9-16/h11-13,15-16H,2-10,14H2,1H3. The van der Waals surface area contributed by atoms with Crippen molar-refractivity contribution in [3.05, 3.63) is 0 Å². The van der Waals surface area contributed by atoms with Crippen molar-refractivity contribution >= 4 is 0 Å². The van der Waals surface area contributed by atoms with E-state index in [2.05, 4.69) is 5.32 Å². The maximum atomic E-state index is 9.39. The van der Waals surface area contributed by atoms with Crippen LogP contribution in [0.4, 0.5) is 0 Å². The van der Waals surface area contributed by atoms with Crippen molar-refractivity contribution in [3.8, 4) is 0 Å². The van der Waals surface area contributed by atoms with Crippen LogP contribution in [-0.4, -0.2) is 44.1 Å². The summed E-state index contributed by atoms with van der Waals surface area (Å²) in [7, 11) is 1.74. The van der Waals surface area contributed by atoms with Crippen LogP contribution in [0, 0.1) is 5.92 Å². The van der Waals surface area contributed by atoms with Gasteiger partial charge in [0.2, 0.25) is 0 Å². The second-order valence-electron chi connectivity index (χ2n) is 5.08. The van der Waals surface area contributed by atoms with Gasteiger partial charge in [0.15, 0.2) is 0 Å². The van der Waals surface area contributed by atoms with E-state index in [4.69, 9.17) is 10.5 Å². The van der Waals surface area contributed by atoms with E-state index in [1.807, 2.05) is 0 Å². The summed E-state index contributed by atoms with van der Waals surface area (Å²) >= 11 is 0. The van der Waals surface area contributed by atoms with Gasteiger partial charge in [-0.1, -0.05) is 12.8 Å². The maximum Gasteiger partial charge on any atom is 0.0615 e. The molecule has 1 saturated carbocycles. The molecule has 0 aromatic rings. The molecule has 1 aliphatic carbocycles. The molecule has 1 aliphatic rings. The van der Waals surface area contributed by atoms with Crippen LogP contribution in [0.15, 0.2) is 0 Å². The lowest BCUT2D eigenvalue weighted by Crippen LogP contribution is -2.47. The second kappa shape index (κ2) is 8.86. The zero-order valence-electron chi connectivity index (χ0n) is 11.0. The van der Waals surface area contributed by atoms with Gasteiger partial charge in [-0.25, -0.2) is 0 Å². The highest BCUT2D eigenvalue weighted by Gasteiger charge is 2.26. The predicted octanol–water partition coefficient (Wildman–Crippen LogP) is 0.881. The Bertz CT molecular complexity index is 190. The van der Waals surface area contributed by atoms with E-state index in [-0.39, 0.29) is 0 Å². The molecule has 0 heterocycles. The fourth-order valence-corrected chi connectivity index (χ4v) is 2.73. The van der Waals surface area contributed by atoms with Crippen LogP contribution in [0.1, 0.15) is 38.5 Å². The summed E-state index contributed by atoms with van der Waals surface area (Å²) in [6, 6.07) is 0.826. The first-order chi connectivity index (χ1) is 8.31. The van der Waals surface area contributed by atoms with Gasteiger partial charge in [0.25, 0.3) is 0 Å². The van der Waals surface area contributed by atoms with Crippen LogP contribution in [0.3, 0.4) is 0 Å². The average molecular weight is 244 g/mol. The van der Waals surface area contributed by atoms with Gasteiger partial charge in [0.05, 0.1) is 6.61 Å². The van der Waals surface area contributed by atoms with E-state index in [9.17, 15) is 5.11 Å². The zero-order chi connectivity index (χ0) is 12.5. The monoisotopic (exact) mass is 244 g/mol. The third kappa shape index (κ3) is 5.34. The number of rotatable bonds is 8. The van der Waals surface area contributed by atoms with E-state index in [1.165, 1.54) is 19.3 Å². The van der Waals surface area contributed by atoms with Crippen molar-refractivity contribution < 1.29 is 9.84 Å². The molecular weight excluding hydrogens is 216 g/mol. The number of aliphatic hydroxyl groups excluding tert-OH is 1. The van der Waals surface area contributed by atoms with Crippen LogP contribution < -0.4 is 11.1 Å². The van der Waals surface area contributed by atoms with Crippen LogP contribution >= 0.6 is 0 Å². The Morgan fingerprint density at radius 1 is 1.41 bits per heavy atom. The van der Waals surface area contributed by atoms with E-state index in [0.717, 1.165) is 32.4 Å². The van der Waals surface area contributed by atoms with E-state index in [0.29, 0.717) is 24.6 Å². The fourth-order valence-electron chi connectivity index (χ4n) is 2.73. The molecular formula is C13H28N2O2. The number of aliphatic hydroxyl groups is 1. The molecule has 0 aliphatic heterocycles. The van der Waals surface area contributed by atoms with Gasteiger partial charge in [0.1, 0.15) is 0 Å². The molecule has 4 nitrogen and oxygen atoms in total. The molecule has 3 unspecified atom stereocenters. The van der Waals surface area contributed by atoms with Crippen molar-refractivity contribution in [2.75, 3.05) is 26.9 Å². The first-order valence-electron chi connectivity index (χ1n) is 6.87. The first kappa shape index (κ1) is 14.9. The Kier molecular flexibility index (Phi) is 7.77. The number of ether oxygens (including phenoxy) is 1. The molecule has 4 N–H and O–H groups in total. The van der Waals surface area contributed by atoms with Crippen molar-refractivity contribution in [2.45, 2.75) is 50.6 Å². The minimum absolute atomic E-state index is 0.300. The molecule has 0 saturated heterocycles. The molecule has 0 aromatic carbocycles. The lowest BCUT2D eigenvalue weighted by atomic mass is 9.84. The fraction of sp³-hybridized carbons (Fsp3) is 1.00. The molecule has 102 valence electrons. The topological polar surface area (TPSA) is 67.5 Å². The molecule has 3 atom stereocenters. The van der Waals surface area contributed by atoms with E-state index >= 15 is 0 Å². The van der Waals surface area contributed by atoms with Gasteiger partial charge < -0.3 is 20.9 Å². The highest BCUT2D eigenvalue weighted by atomic mass is 16.5. The van der Waals surface area contributed by atoms with Gasteiger partial charge in [-0.2, -0.15) is 0 Å². The van der Waals surface area contributed by atoms with Crippen molar-refractivity contribution in [1.82, 2.24) is 5.32 Å². The quantitative estimate of drug-likeness (QED) is 0.593. The lowest BCUT2D eigenvalue weighted by Gasteiger charge is -2.34. The SMILES string of the molecule is COCC(CCCN)NC1CCCCC1CO. The molecule has 0 radical (unpaired) electrons. The highest BCUT2D eigenvalue weighted by molar-refractivity contribution is 4.83. The predicted molar refractivity (Wildman–Crippen MR) is 69.9 cm³/mol. The molecule has 0 aromatic heterocycles. The highest BCUT2D eigenvalue weighted by Crippen LogP contribution is 2.24. The Hall–Kier alpha value is -0.160. The molecule has 17 heavy (non-hydrogen) atoms. The molecule has 4 heteroatoms. The van der Waals surface area contributed by atoms with Gasteiger partial charge in [-0.05, 0) is 38.1 Å². The minimum Gasteiger partial charge on any atom is -0.396 e. The Morgan fingerprint density at radius 2 is 2.18 bits per heavy atom. The van der Waals surface area contributed by atoms with Crippen molar-refractivity contribution in [2.24, 2.45) is 11.7 Å². The smallest absolute Gasteiger partial charge is 0.0615 e. The molecule has 0 amide bonds. The van der Waals surface area contributed by atoms with Gasteiger partial charge in [-0.15, -0.1) is 0 Å². The number of nitrogens with one attached hydrogen (secondary N) is 1. The normalized spacial score (nSPS) is 27.0. The second-order valence-corrected chi connectivity index (χ2v) is 5.08. The summed E-state index contributed by atoms with van der Waals surface area (Å²) in [5, 5.41) is 13.0. The molecule has 0 bridgehead atoms. The Balaban J connectivity index is 2.39. The van der Waals surface area contributed by atoms with Crippen molar-refractivity contribution in [3.63, 3.8) is 0 Å². The average Bonchev–Trinajstić information content (AvgIpc) is 2.37. The number of methoxy groups -OCH3 is 1. The summed E-state index contributed by atoms with van der Waals surface area (Å²) in [6.07, 6.45) is 6.92. The summed E-state index contributed by atoms with van der Waals surface area (Å²) < 4.78 is 5.25. The summed E-state index contributed by atoms with van der Waals surface area (Å²) in [5.41, 5.74) is 5.55. The molecule has 1 rings (SSSR count). The van der Waals surface area contributed by atoms with Crippen LogP contribution in [-0.2, 0) is 4.74 Å². The van der Waals surface area contributed by atoms with E-state index in [1.54, 1.807) is 7.11 Å². The van der Waals surface area contributed by atoms with Gasteiger partial charge in [0, 0.05) is 25.8 Å². The summed E-state index contributed by atoms with van der Waals surface area (Å²) in [4.78, 5) is 0. The lowest BCUT2D eigenvalue weighted by molar-refractivity contribution is 0.115. The Morgan fingerprint density at radius 3 is 2.82 bits per heavy atom. The van der Waals surface area contributed by atoms with Crippen LogP contribution in [0.5, 0.6) is 0 Å². The van der Waals surface area contributed by atoms with Gasteiger partial charge >= 0.3 is 0 Å². The van der Waals surface area contributed by atoms with E-state index < -0.39 is 0 Å². The molecule has 1 fully saturated rings. The minimum atomic E-state index is 0.300. The maximum absolute atomic E-state index is 9.39. The number of hydrogen-bond acceptors (Lipinski definition) is 4.